The largest absolute Gasteiger partial charge is 0.455 e. The van der Waals surface area contributed by atoms with Crippen LogP contribution >= 0.6 is 0 Å². The Kier molecular flexibility index (Phi) is 9.02. The molecule has 0 unspecified atom stereocenters. The number of fused-ring (bicyclic) bond motifs is 2. The molecule has 0 aromatic heterocycles. The molecular formula is C33H43N3O8. The molecule has 0 aliphatic carbocycles. The molecule has 4 heterocycles. The second-order valence-electron chi connectivity index (χ2n) is 13.0. The number of rotatable bonds is 5. The van der Waals surface area contributed by atoms with Crippen molar-refractivity contribution in [2.75, 3.05) is 26.9 Å². The fourth-order valence-electron chi connectivity index (χ4n) is 7.00. The number of amides is 3. The van der Waals surface area contributed by atoms with Crippen LogP contribution in [0, 0.1) is 11.8 Å². The topological polar surface area (TPSA) is 135 Å². The average molecular weight is 610 g/mol. The van der Waals surface area contributed by atoms with Gasteiger partial charge in [0.25, 0.3) is 0 Å². The van der Waals surface area contributed by atoms with E-state index in [0.717, 1.165) is 0 Å². The van der Waals surface area contributed by atoms with Crippen LogP contribution < -0.4 is 5.32 Å². The Morgan fingerprint density at radius 3 is 2.50 bits per heavy atom. The predicted molar refractivity (Wildman–Crippen MR) is 160 cm³/mol. The van der Waals surface area contributed by atoms with Gasteiger partial charge in [0.15, 0.2) is 0 Å². The van der Waals surface area contributed by atoms with Crippen molar-refractivity contribution in [3.63, 3.8) is 0 Å². The first-order valence-electron chi connectivity index (χ1n) is 15.2. The van der Waals surface area contributed by atoms with E-state index in [9.17, 15) is 24.3 Å². The van der Waals surface area contributed by atoms with Crippen molar-refractivity contribution in [1.29, 1.82) is 0 Å². The molecule has 3 amide bonds. The molecule has 0 saturated carbocycles. The summed E-state index contributed by atoms with van der Waals surface area (Å²) < 4.78 is 18.4. The molecule has 238 valence electrons. The van der Waals surface area contributed by atoms with Crippen LogP contribution in [0.4, 0.5) is 0 Å². The third-order valence-corrected chi connectivity index (χ3v) is 9.05. The molecule has 1 spiro atoms. The van der Waals surface area contributed by atoms with Crippen LogP contribution in [0.5, 0.6) is 0 Å². The number of methoxy groups -OCH3 is 1. The summed E-state index contributed by atoms with van der Waals surface area (Å²) >= 11 is 0. The van der Waals surface area contributed by atoms with E-state index in [-0.39, 0.29) is 31.4 Å². The highest BCUT2D eigenvalue weighted by Gasteiger charge is 2.72. The lowest BCUT2D eigenvalue weighted by molar-refractivity contribution is -0.163. The maximum Gasteiger partial charge on any atom is 0.313 e. The summed E-state index contributed by atoms with van der Waals surface area (Å²) in [6, 6.07) is 6.57. The number of cyclic esters (lactones) is 1. The third kappa shape index (κ3) is 5.57. The molecule has 44 heavy (non-hydrogen) atoms. The SMILES string of the molecule is COC[C@H]1NC(=O)CC/C=C\[C@H]2O[C@]34C=CCN(C(C)(C)C)C(=O)[C@H]3N([C@H](C)CO)C(=O)[C@@H]4[C@H]2C(=O)O[C@@H]1c1ccccc1. The van der Waals surface area contributed by atoms with Crippen molar-refractivity contribution in [1.82, 2.24) is 15.1 Å². The van der Waals surface area contributed by atoms with Crippen LogP contribution in [0.1, 0.15) is 52.2 Å². The minimum atomic E-state index is -1.47. The Labute approximate surface area is 258 Å². The number of nitrogens with one attached hydrogen (secondary N) is 1. The smallest absolute Gasteiger partial charge is 0.313 e. The second kappa shape index (κ2) is 12.5. The van der Waals surface area contributed by atoms with E-state index in [0.29, 0.717) is 18.5 Å². The van der Waals surface area contributed by atoms with E-state index in [1.807, 2.05) is 45.0 Å². The number of hydrogen-bond donors (Lipinski definition) is 2. The third-order valence-electron chi connectivity index (χ3n) is 9.05. The van der Waals surface area contributed by atoms with Crippen molar-refractivity contribution >= 4 is 23.7 Å². The molecule has 0 radical (unpaired) electrons. The number of benzene rings is 1. The number of nitrogens with zero attached hydrogens (tertiary/aromatic N) is 2. The molecule has 4 aliphatic rings. The number of aliphatic hydroxyl groups excluding tert-OH is 1. The van der Waals surface area contributed by atoms with Crippen molar-refractivity contribution in [3.8, 4) is 0 Å². The predicted octanol–water partition coefficient (Wildman–Crippen LogP) is 1.91. The van der Waals surface area contributed by atoms with Crippen molar-refractivity contribution in [2.24, 2.45) is 11.8 Å². The maximum atomic E-state index is 14.4. The molecule has 8 atom stereocenters. The number of carbonyl (C=O) groups excluding carboxylic acids is 4. The first-order valence-corrected chi connectivity index (χ1v) is 15.2. The molecule has 2 N–H and O–H groups in total. The zero-order valence-corrected chi connectivity index (χ0v) is 26.0. The number of hydrogen-bond acceptors (Lipinski definition) is 8. The number of aliphatic hydroxyl groups is 1. The minimum Gasteiger partial charge on any atom is -0.455 e. The van der Waals surface area contributed by atoms with E-state index in [1.165, 1.54) is 12.0 Å². The molecule has 11 heteroatoms. The van der Waals surface area contributed by atoms with E-state index in [4.69, 9.17) is 14.2 Å². The van der Waals surface area contributed by atoms with E-state index in [2.05, 4.69) is 5.32 Å². The lowest BCUT2D eigenvalue weighted by Crippen LogP contribution is -2.60. The molecule has 11 nitrogen and oxygen atoms in total. The van der Waals surface area contributed by atoms with Crippen LogP contribution in [-0.2, 0) is 33.4 Å². The van der Waals surface area contributed by atoms with Gasteiger partial charge in [-0.05, 0) is 39.7 Å². The van der Waals surface area contributed by atoms with Crippen LogP contribution in [-0.4, -0.2) is 101 Å². The quantitative estimate of drug-likeness (QED) is 0.382. The summed E-state index contributed by atoms with van der Waals surface area (Å²) in [7, 11) is 1.50. The second-order valence-corrected chi connectivity index (χ2v) is 13.0. The Morgan fingerprint density at radius 2 is 1.84 bits per heavy atom. The summed E-state index contributed by atoms with van der Waals surface area (Å²) in [4.78, 5) is 59.1. The lowest BCUT2D eigenvalue weighted by atomic mass is 9.77. The van der Waals surface area contributed by atoms with Crippen molar-refractivity contribution in [2.45, 2.75) is 82.0 Å². The van der Waals surface area contributed by atoms with Gasteiger partial charge in [0.2, 0.25) is 17.7 Å². The van der Waals surface area contributed by atoms with Crippen LogP contribution in [0.3, 0.4) is 0 Å². The highest BCUT2D eigenvalue weighted by molar-refractivity contribution is 5.99. The van der Waals surface area contributed by atoms with Crippen molar-refractivity contribution in [3.05, 3.63) is 60.2 Å². The van der Waals surface area contributed by atoms with Crippen LogP contribution in [0.15, 0.2) is 54.6 Å². The van der Waals surface area contributed by atoms with E-state index in [1.54, 1.807) is 42.2 Å². The molecule has 1 aromatic rings. The lowest BCUT2D eigenvalue weighted by Gasteiger charge is -2.41. The fourth-order valence-corrected chi connectivity index (χ4v) is 7.00. The molecule has 1 aromatic carbocycles. The number of likely N-dealkylation sites (tertiary alicyclic amines) is 1. The Bertz CT molecular complexity index is 1320. The van der Waals surface area contributed by atoms with Gasteiger partial charge < -0.3 is 34.4 Å². The van der Waals surface area contributed by atoms with Gasteiger partial charge in [-0.1, -0.05) is 54.6 Å². The van der Waals surface area contributed by atoms with Gasteiger partial charge in [0.05, 0.1) is 37.3 Å². The zero-order valence-electron chi connectivity index (χ0n) is 26.0. The summed E-state index contributed by atoms with van der Waals surface area (Å²) in [6.07, 6.45) is 5.78. The number of ether oxygens (including phenoxy) is 3. The van der Waals surface area contributed by atoms with Gasteiger partial charge in [-0.15, -0.1) is 0 Å². The first kappa shape index (κ1) is 31.9. The molecule has 4 aliphatic heterocycles. The normalized spacial score (nSPS) is 34.1. The van der Waals surface area contributed by atoms with Gasteiger partial charge in [-0.25, -0.2) is 0 Å². The molecule has 2 saturated heterocycles. The monoisotopic (exact) mass is 609 g/mol. The van der Waals surface area contributed by atoms with Crippen molar-refractivity contribution < 1.29 is 38.5 Å². The standard InChI is InChI=1S/C33H43N3O8/c1-20(18-37)36-28-30(40)35(32(2,3)4)17-11-16-33(28)26(29(36)39)25-23(44-33)14-9-10-15-24(38)34-22(19-42-5)27(43-31(25)41)21-12-7-6-8-13-21/h6-9,11-14,16,20,22-23,25-28,37H,10,15,17-19H2,1-5H3,(H,34,38)/b14-9-/t20-,22-,23-,25+,26+,27-,28-,33+/m1/s1. The van der Waals surface area contributed by atoms with E-state index < -0.39 is 65.2 Å². The highest BCUT2D eigenvalue weighted by atomic mass is 16.6. The van der Waals surface area contributed by atoms with E-state index >= 15 is 0 Å². The summed E-state index contributed by atoms with van der Waals surface area (Å²) in [5.41, 5.74) is -1.39. The van der Waals surface area contributed by atoms with Gasteiger partial charge in [0, 0.05) is 25.6 Å². The fraction of sp³-hybridized carbons (Fsp3) is 0.576. The van der Waals surface area contributed by atoms with Gasteiger partial charge in [-0.3, -0.25) is 19.2 Å². The highest BCUT2D eigenvalue weighted by Crippen LogP contribution is 2.54. The average Bonchev–Trinajstić information content (AvgIpc) is 3.37. The maximum absolute atomic E-state index is 14.4. The summed E-state index contributed by atoms with van der Waals surface area (Å²) in [5.74, 6) is -3.86. The zero-order chi connectivity index (χ0) is 31.8. The van der Waals surface area contributed by atoms with Crippen LogP contribution in [0.25, 0.3) is 0 Å². The Morgan fingerprint density at radius 1 is 1.11 bits per heavy atom. The number of esters is 1. The molecule has 2 fully saturated rings. The summed E-state index contributed by atoms with van der Waals surface area (Å²) in [6.45, 7) is 7.44. The Balaban J connectivity index is 1.63. The van der Waals surface area contributed by atoms with Gasteiger partial charge >= 0.3 is 5.97 Å². The Hall–Kier alpha value is -3.54. The molecular weight excluding hydrogens is 566 g/mol. The van der Waals surface area contributed by atoms with Crippen LogP contribution in [0.2, 0.25) is 0 Å². The molecule has 0 bridgehead atoms. The number of carbonyl (C=O) groups is 4. The number of allylic oxidation sites excluding steroid dienone is 1. The first-order chi connectivity index (χ1) is 20.9. The molecule has 5 rings (SSSR count). The summed E-state index contributed by atoms with van der Waals surface area (Å²) in [5, 5.41) is 13.1. The van der Waals surface area contributed by atoms with Gasteiger partial charge in [0.1, 0.15) is 23.7 Å². The van der Waals surface area contributed by atoms with Gasteiger partial charge in [-0.2, -0.15) is 0 Å². The minimum absolute atomic E-state index is 0.0784.